The summed E-state index contributed by atoms with van der Waals surface area (Å²) in [6.07, 6.45) is 6.59. The number of hydrogen-bond acceptors (Lipinski definition) is 3. The second-order valence-electron chi connectivity index (χ2n) is 5.67. The molecule has 1 aliphatic carbocycles. The third-order valence-corrected chi connectivity index (χ3v) is 5.48. The Morgan fingerprint density at radius 3 is 2.67 bits per heavy atom. The molecule has 2 aromatic rings. The van der Waals surface area contributed by atoms with E-state index in [0.717, 1.165) is 24.2 Å². The topological polar surface area (TPSA) is 52.0 Å². The smallest absolute Gasteiger partial charge is 0.177 e. The van der Waals surface area contributed by atoms with E-state index >= 15 is 0 Å². The molecule has 0 N–H and O–H groups in total. The zero-order valence-corrected chi connectivity index (χ0v) is 13.6. The summed E-state index contributed by atoms with van der Waals surface area (Å²) in [4.78, 5) is 4.93. The Labute approximate surface area is 130 Å². The van der Waals surface area contributed by atoms with Crippen molar-refractivity contribution in [3.8, 4) is 0 Å². The predicted octanol–water partition coefficient (Wildman–Crippen LogP) is 3.34. The number of benzene rings is 1. The highest BCUT2D eigenvalue weighted by atomic mass is 35.5. The Balaban J connectivity index is 2.26. The molecular formula is C15H19ClN2O2S. The second-order valence-corrected chi connectivity index (χ2v) is 8.03. The van der Waals surface area contributed by atoms with Crippen molar-refractivity contribution in [1.82, 2.24) is 9.55 Å². The Bertz CT molecular complexity index is 761. The van der Waals surface area contributed by atoms with Crippen molar-refractivity contribution in [2.45, 2.75) is 43.0 Å². The molecule has 21 heavy (non-hydrogen) atoms. The van der Waals surface area contributed by atoms with Crippen LogP contribution in [0.5, 0.6) is 0 Å². The molecule has 1 aromatic heterocycles. The number of aromatic nitrogens is 2. The Hall–Kier alpha value is -1.07. The molecule has 1 fully saturated rings. The fraction of sp³-hybridized carbons (Fsp3) is 0.533. The third kappa shape index (κ3) is 2.69. The summed E-state index contributed by atoms with van der Waals surface area (Å²) in [5.74, 6) is 1.40. The second kappa shape index (κ2) is 5.61. The first kappa shape index (κ1) is 14.9. The average molecular weight is 327 g/mol. The van der Waals surface area contributed by atoms with E-state index in [-0.39, 0.29) is 0 Å². The minimum atomic E-state index is -3.28. The van der Waals surface area contributed by atoms with E-state index in [0.29, 0.717) is 28.8 Å². The van der Waals surface area contributed by atoms with Gasteiger partial charge in [-0.1, -0.05) is 18.9 Å². The molecule has 1 aliphatic rings. The highest BCUT2D eigenvalue weighted by molar-refractivity contribution is 7.91. The first-order valence-corrected chi connectivity index (χ1v) is 9.71. The van der Waals surface area contributed by atoms with Crippen LogP contribution in [0.15, 0.2) is 23.1 Å². The normalized spacial score (nSPS) is 16.9. The van der Waals surface area contributed by atoms with Crippen LogP contribution in [0.2, 0.25) is 0 Å². The highest BCUT2D eigenvalue weighted by Gasteiger charge is 2.24. The van der Waals surface area contributed by atoms with Crippen LogP contribution in [0.1, 0.15) is 37.5 Å². The maximum atomic E-state index is 12.0. The van der Waals surface area contributed by atoms with E-state index < -0.39 is 9.84 Å². The number of nitrogens with zero attached hydrogens (tertiary/aromatic N) is 2. The number of hydrogen-bond donors (Lipinski definition) is 0. The highest BCUT2D eigenvalue weighted by Crippen LogP contribution is 2.35. The molecule has 0 saturated heterocycles. The van der Waals surface area contributed by atoms with Crippen LogP contribution in [-0.2, 0) is 16.3 Å². The van der Waals surface area contributed by atoms with E-state index in [1.165, 1.54) is 19.1 Å². The van der Waals surface area contributed by atoms with Gasteiger partial charge in [-0.3, -0.25) is 0 Å². The van der Waals surface area contributed by atoms with Crippen molar-refractivity contribution in [3.63, 3.8) is 0 Å². The summed E-state index contributed by atoms with van der Waals surface area (Å²) in [7, 11) is -3.28. The average Bonchev–Trinajstić information content (AvgIpc) is 3.03. The number of imidazole rings is 1. The molecule has 0 atom stereocenters. The van der Waals surface area contributed by atoms with Crippen molar-refractivity contribution in [3.05, 3.63) is 24.0 Å². The molecule has 0 amide bonds. The van der Waals surface area contributed by atoms with Gasteiger partial charge in [-0.05, 0) is 25.0 Å². The van der Waals surface area contributed by atoms with Crippen molar-refractivity contribution in [2.75, 3.05) is 12.1 Å². The van der Waals surface area contributed by atoms with E-state index in [9.17, 15) is 8.42 Å². The van der Waals surface area contributed by atoms with Gasteiger partial charge in [0.1, 0.15) is 11.3 Å². The lowest BCUT2D eigenvalue weighted by Crippen LogP contribution is -2.09. The molecule has 6 heteroatoms. The Kier molecular flexibility index (Phi) is 3.97. The lowest BCUT2D eigenvalue weighted by Gasteiger charge is -2.16. The summed E-state index contributed by atoms with van der Waals surface area (Å²) < 4.78 is 26.2. The zero-order chi connectivity index (χ0) is 15.0. The number of rotatable bonds is 4. The predicted molar refractivity (Wildman–Crippen MR) is 84.8 cm³/mol. The molecule has 0 spiro atoms. The van der Waals surface area contributed by atoms with Crippen LogP contribution in [0.3, 0.4) is 0 Å². The Morgan fingerprint density at radius 1 is 1.33 bits per heavy atom. The molecule has 0 aliphatic heterocycles. The van der Waals surface area contributed by atoms with E-state index in [2.05, 4.69) is 9.55 Å². The van der Waals surface area contributed by atoms with Gasteiger partial charge in [0.25, 0.3) is 0 Å². The largest absolute Gasteiger partial charge is 0.325 e. The van der Waals surface area contributed by atoms with Gasteiger partial charge in [-0.2, -0.15) is 0 Å². The first-order chi connectivity index (χ1) is 10.0. The Morgan fingerprint density at radius 2 is 2.05 bits per heavy atom. The van der Waals surface area contributed by atoms with Crippen LogP contribution < -0.4 is 0 Å². The number of alkyl halides is 1. The molecule has 1 saturated carbocycles. The molecule has 3 rings (SSSR count). The SMILES string of the molecule is CS(=O)(=O)c1cccc2c1nc(CCCl)n2C1CCCC1. The summed E-state index contributed by atoms with van der Waals surface area (Å²) >= 11 is 5.90. The van der Waals surface area contributed by atoms with Crippen LogP contribution >= 0.6 is 11.6 Å². The number of para-hydroxylation sites is 1. The monoisotopic (exact) mass is 326 g/mol. The minimum absolute atomic E-state index is 0.313. The van der Waals surface area contributed by atoms with E-state index in [1.54, 1.807) is 12.1 Å². The number of sulfone groups is 1. The van der Waals surface area contributed by atoms with Crippen LogP contribution in [0.25, 0.3) is 11.0 Å². The molecule has 1 aromatic carbocycles. The van der Waals surface area contributed by atoms with Gasteiger partial charge in [0, 0.05) is 24.6 Å². The molecule has 0 bridgehead atoms. The first-order valence-electron chi connectivity index (χ1n) is 7.28. The quantitative estimate of drug-likeness (QED) is 0.810. The minimum Gasteiger partial charge on any atom is -0.325 e. The summed E-state index contributed by atoms with van der Waals surface area (Å²) in [6.45, 7) is 0. The van der Waals surface area contributed by atoms with Crippen molar-refractivity contribution >= 4 is 32.5 Å². The lowest BCUT2D eigenvalue weighted by molar-refractivity contribution is 0.513. The van der Waals surface area contributed by atoms with Gasteiger partial charge in [-0.25, -0.2) is 13.4 Å². The van der Waals surface area contributed by atoms with Gasteiger partial charge in [0.15, 0.2) is 9.84 Å². The van der Waals surface area contributed by atoms with Crippen LogP contribution in [0, 0.1) is 0 Å². The van der Waals surface area contributed by atoms with E-state index in [1.807, 2.05) is 6.07 Å². The zero-order valence-electron chi connectivity index (χ0n) is 12.0. The van der Waals surface area contributed by atoms with Gasteiger partial charge >= 0.3 is 0 Å². The van der Waals surface area contributed by atoms with Gasteiger partial charge in [-0.15, -0.1) is 11.6 Å². The molecule has 0 radical (unpaired) electrons. The van der Waals surface area contributed by atoms with Crippen LogP contribution in [-0.4, -0.2) is 30.1 Å². The van der Waals surface area contributed by atoms with Crippen molar-refractivity contribution in [1.29, 1.82) is 0 Å². The summed E-state index contributed by atoms with van der Waals surface area (Å²) in [5.41, 5.74) is 1.51. The number of aryl methyl sites for hydroxylation is 1. The maximum Gasteiger partial charge on any atom is 0.177 e. The molecule has 114 valence electrons. The number of halogens is 1. The summed E-state index contributed by atoms with van der Waals surface area (Å²) in [5, 5.41) is 0. The maximum absolute atomic E-state index is 12.0. The standard InChI is InChI=1S/C15H19ClN2O2S/c1-21(19,20)13-8-4-7-12-15(13)17-14(9-10-16)18(12)11-5-2-3-6-11/h4,7-8,11H,2-3,5-6,9-10H2,1H3. The molecule has 4 nitrogen and oxygen atoms in total. The molecular weight excluding hydrogens is 308 g/mol. The molecule has 1 heterocycles. The van der Waals surface area contributed by atoms with Gasteiger partial charge in [0.2, 0.25) is 0 Å². The fourth-order valence-corrected chi connectivity index (χ4v) is 4.27. The lowest BCUT2D eigenvalue weighted by atomic mass is 10.2. The van der Waals surface area contributed by atoms with E-state index in [4.69, 9.17) is 11.6 Å². The van der Waals surface area contributed by atoms with Crippen molar-refractivity contribution in [2.24, 2.45) is 0 Å². The van der Waals surface area contributed by atoms with Gasteiger partial charge < -0.3 is 4.57 Å². The molecule has 0 unspecified atom stereocenters. The fourth-order valence-electron chi connectivity index (χ4n) is 3.27. The third-order valence-electron chi connectivity index (χ3n) is 4.16. The van der Waals surface area contributed by atoms with Crippen LogP contribution in [0.4, 0.5) is 0 Å². The number of fused-ring (bicyclic) bond motifs is 1. The summed E-state index contributed by atoms with van der Waals surface area (Å²) in [6, 6.07) is 5.82. The van der Waals surface area contributed by atoms with Crippen molar-refractivity contribution < 1.29 is 8.42 Å². The van der Waals surface area contributed by atoms with Gasteiger partial charge in [0.05, 0.1) is 10.4 Å².